The van der Waals surface area contributed by atoms with Crippen molar-refractivity contribution in [2.24, 2.45) is 0 Å². The van der Waals surface area contributed by atoms with Crippen LogP contribution >= 0.6 is 11.8 Å². The molecule has 3 rings (SSSR count). The van der Waals surface area contributed by atoms with Gasteiger partial charge in [0.05, 0.1) is 0 Å². The van der Waals surface area contributed by atoms with Crippen LogP contribution in [0.5, 0.6) is 0 Å². The van der Waals surface area contributed by atoms with Gasteiger partial charge in [0.25, 0.3) is 0 Å². The minimum absolute atomic E-state index is 0.791. The van der Waals surface area contributed by atoms with Gasteiger partial charge in [-0.3, -0.25) is 0 Å². The lowest BCUT2D eigenvalue weighted by atomic mass is 9.89. The standard InChI is InChI=1S/C17H26N2S.2C2HF3O2/c1-2-4-16(5-3-1)17-6-8-18(9-7-17)10-11-19-12-14-20-15-13-19;2*3-2(4,5)1(6)7/h1-5,17H,6-15H2;2*(H,6,7). The van der Waals surface area contributed by atoms with Crippen molar-refractivity contribution in [1.82, 2.24) is 9.80 Å². The average molecular weight is 519 g/mol. The first-order valence-electron chi connectivity index (χ1n) is 10.5. The Morgan fingerprint density at radius 1 is 0.794 bits per heavy atom. The SMILES string of the molecule is O=C(O)C(F)(F)F.O=C(O)C(F)(F)F.c1ccc(C2CCN(CCN3CCSCC3)CC2)cc1. The van der Waals surface area contributed by atoms with Gasteiger partial charge >= 0.3 is 24.3 Å². The number of hydrogen-bond donors (Lipinski definition) is 2. The van der Waals surface area contributed by atoms with Crippen molar-refractivity contribution in [3.8, 4) is 0 Å². The highest BCUT2D eigenvalue weighted by molar-refractivity contribution is 7.99. The Morgan fingerprint density at radius 3 is 1.56 bits per heavy atom. The second-order valence-corrected chi connectivity index (χ2v) is 8.81. The largest absolute Gasteiger partial charge is 0.490 e. The third-order valence-electron chi connectivity index (χ3n) is 5.18. The van der Waals surface area contributed by atoms with Crippen molar-refractivity contribution >= 4 is 23.7 Å². The molecule has 6 nitrogen and oxygen atoms in total. The summed E-state index contributed by atoms with van der Waals surface area (Å²) in [6, 6.07) is 11.1. The smallest absolute Gasteiger partial charge is 0.475 e. The van der Waals surface area contributed by atoms with E-state index in [0.29, 0.717) is 0 Å². The van der Waals surface area contributed by atoms with Crippen LogP contribution in [0, 0.1) is 0 Å². The summed E-state index contributed by atoms with van der Waals surface area (Å²) in [7, 11) is 0. The Hall–Kier alpha value is -1.99. The average Bonchev–Trinajstić information content (AvgIpc) is 2.79. The van der Waals surface area contributed by atoms with Crippen LogP contribution in [-0.4, -0.2) is 95.1 Å². The van der Waals surface area contributed by atoms with Crippen molar-refractivity contribution in [3.63, 3.8) is 0 Å². The summed E-state index contributed by atoms with van der Waals surface area (Å²) in [5.74, 6) is -2.06. The number of thioether (sulfide) groups is 1. The quantitative estimate of drug-likeness (QED) is 0.579. The topological polar surface area (TPSA) is 81.1 Å². The monoisotopic (exact) mass is 518 g/mol. The van der Waals surface area contributed by atoms with Crippen molar-refractivity contribution < 1.29 is 46.1 Å². The Labute approximate surface area is 197 Å². The molecular weight excluding hydrogens is 490 g/mol. The van der Waals surface area contributed by atoms with E-state index in [1.807, 2.05) is 0 Å². The molecule has 0 spiro atoms. The maximum absolute atomic E-state index is 10.6. The summed E-state index contributed by atoms with van der Waals surface area (Å²) in [6.07, 6.45) is -7.50. The second kappa shape index (κ2) is 14.4. The fourth-order valence-electron chi connectivity index (χ4n) is 3.32. The number of piperidine rings is 1. The number of carbonyl (C=O) groups is 2. The number of likely N-dealkylation sites (tertiary alicyclic amines) is 1. The van der Waals surface area contributed by atoms with E-state index >= 15 is 0 Å². The molecule has 0 radical (unpaired) electrons. The zero-order valence-electron chi connectivity index (χ0n) is 18.3. The molecule has 2 aliphatic rings. The zero-order valence-corrected chi connectivity index (χ0v) is 19.1. The van der Waals surface area contributed by atoms with E-state index in [-0.39, 0.29) is 0 Å². The van der Waals surface area contributed by atoms with Crippen LogP contribution in [-0.2, 0) is 9.59 Å². The minimum Gasteiger partial charge on any atom is -0.475 e. The molecule has 2 fully saturated rings. The Bertz CT molecular complexity index is 711. The first-order chi connectivity index (χ1) is 15.8. The molecule has 0 saturated carbocycles. The normalized spacial score (nSPS) is 18.2. The van der Waals surface area contributed by atoms with E-state index in [9.17, 15) is 26.3 Å². The summed E-state index contributed by atoms with van der Waals surface area (Å²) in [5, 5.41) is 14.2. The van der Waals surface area contributed by atoms with Gasteiger partial charge in [-0.1, -0.05) is 30.3 Å². The van der Waals surface area contributed by atoms with Gasteiger partial charge in [-0.05, 0) is 37.4 Å². The summed E-state index contributed by atoms with van der Waals surface area (Å²) in [6.45, 7) is 7.70. The van der Waals surface area contributed by atoms with Crippen LogP contribution in [0.3, 0.4) is 0 Å². The summed E-state index contributed by atoms with van der Waals surface area (Å²) >= 11 is 2.10. The summed E-state index contributed by atoms with van der Waals surface area (Å²) in [4.78, 5) is 23.1. The number of aliphatic carboxylic acids is 2. The molecule has 2 N–H and O–H groups in total. The van der Waals surface area contributed by atoms with Gasteiger partial charge in [0.1, 0.15) is 0 Å². The van der Waals surface area contributed by atoms with Crippen molar-refractivity contribution in [1.29, 1.82) is 0 Å². The maximum atomic E-state index is 10.6. The van der Waals surface area contributed by atoms with Crippen LogP contribution in [0.15, 0.2) is 30.3 Å². The Kier molecular flexibility index (Phi) is 12.7. The predicted molar refractivity (Wildman–Crippen MR) is 116 cm³/mol. The highest BCUT2D eigenvalue weighted by Crippen LogP contribution is 2.27. The van der Waals surface area contributed by atoms with Crippen molar-refractivity contribution in [3.05, 3.63) is 35.9 Å². The Balaban J connectivity index is 0.000000343. The molecule has 2 saturated heterocycles. The fraction of sp³-hybridized carbons (Fsp3) is 0.619. The lowest BCUT2D eigenvalue weighted by molar-refractivity contribution is -0.193. The molecule has 0 aromatic heterocycles. The van der Waals surface area contributed by atoms with Crippen LogP contribution < -0.4 is 0 Å². The first kappa shape index (κ1) is 30.0. The third kappa shape index (κ3) is 12.5. The van der Waals surface area contributed by atoms with Gasteiger partial charge in [0.15, 0.2) is 0 Å². The first-order valence-corrected chi connectivity index (χ1v) is 11.6. The molecule has 0 atom stereocenters. The molecule has 2 aliphatic heterocycles. The highest BCUT2D eigenvalue weighted by atomic mass is 32.2. The summed E-state index contributed by atoms with van der Waals surface area (Å²) < 4.78 is 63.5. The van der Waals surface area contributed by atoms with Gasteiger partial charge in [0.2, 0.25) is 0 Å². The number of carboxylic acid groups (broad SMARTS) is 2. The third-order valence-corrected chi connectivity index (χ3v) is 6.12. The van der Waals surface area contributed by atoms with E-state index in [4.69, 9.17) is 19.8 Å². The lowest BCUT2D eigenvalue weighted by Crippen LogP contribution is -2.41. The number of halogens is 6. The minimum atomic E-state index is -5.08. The molecule has 0 unspecified atom stereocenters. The molecule has 2 heterocycles. The number of rotatable bonds is 4. The van der Waals surface area contributed by atoms with Gasteiger partial charge in [0, 0.05) is 37.7 Å². The number of carboxylic acids is 2. The number of alkyl halides is 6. The predicted octanol–water partition coefficient (Wildman–Crippen LogP) is 4.18. The number of nitrogens with zero attached hydrogens (tertiary/aromatic N) is 2. The molecule has 34 heavy (non-hydrogen) atoms. The van der Waals surface area contributed by atoms with Crippen LogP contribution in [0.2, 0.25) is 0 Å². The van der Waals surface area contributed by atoms with E-state index < -0.39 is 24.3 Å². The van der Waals surface area contributed by atoms with Gasteiger partial charge in [-0.15, -0.1) is 0 Å². The highest BCUT2D eigenvalue weighted by Gasteiger charge is 2.38. The molecule has 1 aromatic carbocycles. The molecular formula is C21H28F6N2O4S. The van der Waals surface area contributed by atoms with Crippen LogP contribution in [0.1, 0.15) is 24.3 Å². The van der Waals surface area contributed by atoms with Crippen LogP contribution in [0.25, 0.3) is 0 Å². The maximum Gasteiger partial charge on any atom is 0.490 e. The molecule has 1 aromatic rings. The zero-order chi connectivity index (χ0) is 25.8. The molecule has 0 amide bonds. The van der Waals surface area contributed by atoms with Crippen molar-refractivity contribution in [2.75, 3.05) is 50.8 Å². The number of benzene rings is 1. The molecule has 0 aliphatic carbocycles. The van der Waals surface area contributed by atoms with Gasteiger partial charge in [-0.25, -0.2) is 9.59 Å². The Morgan fingerprint density at radius 2 is 1.18 bits per heavy atom. The second-order valence-electron chi connectivity index (χ2n) is 7.59. The molecule has 194 valence electrons. The number of hydrogen-bond acceptors (Lipinski definition) is 5. The van der Waals surface area contributed by atoms with E-state index in [0.717, 1.165) is 5.92 Å². The fourth-order valence-corrected chi connectivity index (χ4v) is 4.30. The van der Waals surface area contributed by atoms with Crippen molar-refractivity contribution in [2.45, 2.75) is 31.1 Å². The molecule has 13 heteroatoms. The lowest BCUT2D eigenvalue weighted by Gasteiger charge is -2.34. The summed E-state index contributed by atoms with van der Waals surface area (Å²) in [5.41, 5.74) is 1.54. The van der Waals surface area contributed by atoms with E-state index in [1.54, 1.807) is 5.56 Å². The molecule has 0 bridgehead atoms. The van der Waals surface area contributed by atoms with E-state index in [2.05, 4.69) is 51.9 Å². The van der Waals surface area contributed by atoms with Gasteiger partial charge < -0.3 is 20.0 Å². The van der Waals surface area contributed by atoms with Crippen LogP contribution in [0.4, 0.5) is 26.3 Å². The van der Waals surface area contributed by atoms with E-state index in [1.165, 1.54) is 63.6 Å². The van der Waals surface area contributed by atoms with Gasteiger partial charge in [-0.2, -0.15) is 38.1 Å².